The van der Waals surface area contributed by atoms with Crippen molar-refractivity contribution in [3.05, 3.63) is 64.1 Å². The first-order valence-electron chi connectivity index (χ1n) is 8.45. The van der Waals surface area contributed by atoms with Gasteiger partial charge in [0, 0.05) is 30.7 Å². The molecule has 2 aromatic carbocycles. The molecule has 0 N–H and O–H groups in total. The Balaban J connectivity index is 1.66. The maximum atomic E-state index is 12.7. The molecule has 26 heavy (non-hydrogen) atoms. The molecular weight excluding hydrogens is 394 g/mol. The number of carbonyl (C=O) groups is 1. The molecule has 0 radical (unpaired) electrons. The molecule has 1 saturated heterocycles. The van der Waals surface area contributed by atoms with Gasteiger partial charge in [0.25, 0.3) is 5.91 Å². The molecule has 0 aromatic heterocycles. The number of hydrogen-bond donors (Lipinski definition) is 0. The van der Waals surface area contributed by atoms with Gasteiger partial charge in [0.2, 0.25) is 0 Å². The predicted molar refractivity (Wildman–Crippen MR) is 103 cm³/mol. The fraction of sp³-hybridized carbons (Fsp3) is 0.300. The number of nitrogens with zero attached hydrogens (tertiary/aromatic N) is 3. The van der Waals surface area contributed by atoms with Gasteiger partial charge in [-0.15, -0.1) is 0 Å². The van der Waals surface area contributed by atoms with Gasteiger partial charge in [-0.25, -0.2) is 0 Å². The molecule has 1 unspecified atom stereocenters. The van der Waals surface area contributed by atoms with E-state index < -0.39 is 0 Å². The zero-order valence-corrected chi connectivity index (χ0v) is 16.1. The molecule has 134 valence electrons. The first-order valence-corrected chi connectivity index (χ1v) is 9.24. The Hall–Kier alpha value is -2.36. The number of methoxy groups -OCH3 is 1. The number of rotatable bonds is 4. The van der Waals surface area contributed by atoms with Crippen LogP contribution in [0.5, 0.6) is 5.75 Å². The van der Waals surface area contributed by atoms with Crippen molar-refractivity contribution in [1.82, 2.24) is 9.80 Å². The van der Waals surface area contributed by atoms with Crippen LogP contribution in [0.1, 0.15) is 22.0 Å². The number of amides is 1. The van der Waals surface area contributed by atoms with Crippen LogP contribution in [-0.4, -0.2) is 49.0 Å². The highest BCUT2D eigenvalue weighted by atomic mass is 79.9. The SMILES string of the molecule is COc1ccc(C(C#N)N2CCN(C(=O)c3ccccc3Br)CC2)cc1. The van der Waals surface area contributed by atoms with Crippen molar-refractivity contribution < 1.29 is 9.53 Å². The summed E-state index contributed by atoms with van der Waals surface area (Å²) < 4.78 is 5.98. The first-order chi connectivity index (χ1) is 12.6. The summed E-state index contributed by atoms with van der Waals surface area (Å²) in [7, 11) is 1.62. The highest BCUT2D eigenvalue weighted by molar-refractivity contribution is 9.10. The third-order valence-electron chi connectivity index (χ3n) is 4.62. The molecule has 0 bridgehead atoms. The minimum atomic E-state index is -0.318. The molecule has 6 heteroatoms. The molecule has 1 aliphatic heterocycles. The number of nitriles is 1. The van der Waals surface area contributed by atoms with E-state index in [2.05, 4.69) is 26.9 Å². The van der Waals surface area contributed by atoms with E-state index in [-0.39, 0.29) is 11.9 Å². The van der Waals surface area contributed by atoms with Gasteiger partial charge in [0.15, 0.2) is 0 Å². The van der Waals surface area contributed by atoms with E-state index in [0.29, 0.717) is 31.7 Å². The fourth-order valence-corrected chi connectivity index (χ4v) is 3.60. The maximum Gasteiger partial charge on any atom is 0.255 e. The van der Waals surface area contributed by atoms with Crippen molar-refractivity contribution in [2.75, 3.05) is 33.3 Å². The average molecular weight is 414 g/mol. The quantitative estimate of drug-likeness (QED) is 0.769. The molecule has 1 amide bonds. The third kappa shape index (κ3) is 3.90. The lowest BCUT2D eigenvalue weighted by molar-refractivity contribution is 0.0605. The lowest BCUT2D eigenvalue weighted by Crippen LogP contribution is -2.49. The highest BCUT2D eigenvalue weighted by Crippen LogP contribution is 2.25. The van der Waals surface area contributed by atoms with Crippen molar-refractivity contribution in [1.29, 1.82) is 5.26 Å². The van der Waals surface area contributed by atoms with Crippen LogP contribution in [0.25, 0.3) is 0 Å². The summed E-state index contributed by atoms with van der Waals surface area (Å²) in [6.07, 6.45) is 0. The summed E-state index contributed by atoms with van der Waals surface area (Å²) in [5, 5.41) is 9.64. The van der Waals surface area contributed by atoms with Gasteiger partial charge in [-0.1, -0.05) is 24.3 Å². The number of halogens is 1. The standard InChI is InChI=1S/C20H20BrN3O2/c1-26-16-8-6-15(7-9-16)19(14-22)23-10-12-24(13-11-23)20(25)17-4-2-3-5-18(17)21/h2-9,19H,10-13H2,1H3. The second-order valence-corrected chi connectivity index (χ2v) is 6.97. The molecule has 0 saturated carbocycles. The number of hydrogen-bond acceptors (Lipinski definition) is 4. The Bertz CT molecular complexity index is 809. The zero-order valence-electron chi connectivity index (χ0n) is 14.6. The Kier molecular flexibility index (Phi) is 5.92. The van der Waals surface area contributed by atoms with Crippen LogP contribution in [0.4, 0.5) is 0 Å². The summed E-state index contributed by atoms with van der Waals surface area (Å²) >= 11 is 3.44. The van der Waals surface area contributed by atoms with Crippen molar-refractivity contribution in [2.24, 2.45) is 0 Å². The topological polar surface area (TPSA) is 56.6 Å². The second-order valence-electron chi connectivity index (χ2n) is 6.11. The minimum absolute atomic E-state index is 0.0232. The summed E-state index contributed by atoms with van der Waals surface area (Å²) in [6, 6.07) is 17.1. The third-order valence-corrected chi connectivity index (χ3v) is 5.32. The van der Waals surface area contributed by atoms with E-state index in [1.54, 1.807) is 7.11 Å². The van der Waals surface area contributed by atoms with Crippen LogP contribution in [0, 0.1) is 11.3 Å². The number of carbonyl (C=O) groups excluding carboxylic acids is 1. The van der Waals surface area contributed by atoms with Gasteiger partial charge >= 0.3 is 0 Å². The molecule has 1 aliphatic rings. The van der Waals surface area contributed by atoms with Crippen molar-refractivity contribution in [3.8, 4) is 11.8 Å². The van der Waals surface area contributed by atoms with Gasteiger partial charge in [0.05, 0.1) is 18.7 Å². The van der Waals surface area contributed by atoms with Crippen LogP contribution in [0.3, 0.4) is 0 Å². The van der Waals surface area contributed by atoms with Crippen LogP contribution >= 0.6 is 15.9 Å². The minimum Gasteiger partial charge on any atom is -0.497 e. The Morgan fingerprint density at radius 2 is 1.77 bits per heavy atom. The second kappa shape index (κ2) is 8.35. The molecule has 3 rings (SSSR count). The zero-order chi connectivity index (χ0) is 18.5. The number of benzene rings is 2. The summed E-state index contributed by atoms with van der Waals surface area (Å²) in [4.78, 5) is 16.7. The van der Waals surface area contributed by atoms with Crippen molar-refractivity contribution >= 4 is 21.8 Å². The lowest BCUT2D eigenvalue weighted by atomic mass is 10.1. The van der Waals surface area contributed by atoms with Crippen LogP contribution < -0.4 is 4.74 Å². The summed E-state index contributed by atoms with van der Waals surface area (Å²) in [5.41, 5.74) is 1.62. The fourth-order valence-electron chi connectivity index (χ4n) is 3.14. The highest BCUT2D eigenvalue weighted by Gasteiger charge is 2.28. The molecular formula is C20H20BrN3O2. The van der Waals surface area contributed by atoms with Crippen LogP contribution in [0.15, 0.2) is 53.0 Å². The number of ether oxygens (including phenoxy) is 1. The van der Waals surface area contributed by atoms with Gasteiger partial charge in [-0.3, -0.25) is 9.69 Å². The molecule has 1 atom stereocenters. The normalized spacial score (nSPS) is 16.0. The molecule has 1 fully saturated rings. The predicted octanol–water partition coefficient (Wildman–Crippen LogP) is 3.48. The molecule has 1 heterocycles. The molecule has 5 nitrogen and oxygen atoms in total. The Morgan fingerprint density at radius 1 is 1.12 bits per heavy atom. The van der Waals surface area contributed by atoms with E-state index in [1.165, 1.54) is 0 Å². The van der Waals surface area contributed by atoms with Gasteiger partial charge in [0.1, 0.15) is 11.8 Å². The Morgan fingerprint density at radius 3 is 2.35 bits per heavy atom. The monoisotopic (exact) mass is 413 g/mol. The van der Waals surface area contributed by atoms with E-state index >= 15 is 0 Å². The summed E-state index contributed by atoms with van der Waals surface area (Å²) in [6.45, 7) is 2.55. The van der Waals surface area contributed by atoms with Crippen LogP contribution in [0.2, 0.25) is 0 Å². The maximum absolute atomic E-state index is 12.7. The molecule has 0 aliphatic carbocycles. The average Bonchev–Trinajstić information content (AvgIpc) is 2.69. The van der Waals surface area contributed by atoms with E-state index in [0.717, 1.165) is 15.8 Å². The van der Waals surface area contributed by atoms with Crippen molar-refractivity contribution in [2.45, 2.75) is 6.04 Å². The van der Waals surface area contributed by atoms with Gasteiger partial charge < -0.3 is 9.64 Å². The van der Waals surface area contributed by atoms with Gasteiger partial charge in [-0.05, 0) is 45.8 Å². The largest absolute Gasteiger partial charge is 0.497 e. The van der Waals surface area contributed by atoms with E-state index in [9.17, 15) is 10.1 Å². The molecule has 0 spiro atoms. The Labute approximate surface area is 161 Å². The smallest absolute Gasteiger partial charge is 0.255 e. The lowest BCUT2D eigenvalue weighted by Gasteiger charge is -2.37. The van der Waals surface area contributed by atoms with E-state index in [1.807, 2.05) is 53.4 Å². The van der Waals surface area contributed by atoms with Crippen LogP contribution in [-0.2, 0) is 0 Å². The summed E-state index contributed by atoms with van der Waals surface area (Å²) in [5.74, 6) is 0.796. The van der Waals surface area contributed by atoms with E-state index in [4.69, 9.17) is 4.74 Å². The molecule has 2 aromatic rings. The van der Waals surface area contributed by atoms with Crippen molar-refractivity contribution in [3.63, 3.8) is 0 Å². The first kappa shape index (κ1) is 18.4. The van der Waals surface area contributed by atoms with Gasteiger partial charge in [-0.2, -0.15) is 5.26 Å². The number of piperazine rings is 1.